The van der Waals surface area contributed by atoms with Crippen LogP contribution in [0.2, 0.25) is 0 Å². The molecule has 1 aliphatic heterocycles. The monoisotopic (exact) mass is 209 g/mol. The van der Waals surface area contributed by atoms with Crippen molar-refractivity contribution in [2.45, 2.75) is 20.4 Å². The van der Waals surface area contributed by atoms with E-state index in [0.29, 0.717) is 0 Å². The minimum Gasteiger partial charge on any atom is -0.449 e. The molecule has 2 heterocycles. The van der Waals surface area contributed by atoms with E-state index in [4.69, 9.17) is 4.42 Å². The predicted octanol–water partition coefficient (Wildman–Crippen LogP) is 1.12. The zero-order valence-corrected chi connectivity index (χ0v) is 9.57. The second-order valence-electron chi connectivity index (χ2n) is 4.07. The third-order valence-corrected chi connectivity index (χ3v) is 2.96. The van der Waals surface area contributed by atoms with Crippen molar-refractivity contribution in [3.05, 3.63) is 17.8 Å². The lowest BCUT2D eigenvalue weighted by Crippen LogP contribution is -2.45. The summed E-state index contributed by atoms with van der Waals surface area (Å²) in [4.78, 5) is 9.23. The molecule has 1 fully saturated rings. The Labute approximate surface area is 90.9 Å². The molecular weight excluding hydrogens is 190 g/mol. The Bertz CT molecular complexity index is 303. The van der Waals surface area contributed by atoms with Crippen LogP contribution in [0.15, 0.2) is 10.7 Å². The van der Waals surface area contributed by atoms with E-state index in [-0.39, 0.29) is 0 Å². The molecular formula is C11H19N3O. The van der Waals surface area contributed by atoms with E-state index in [1.54, 1.807) is 6.26 Å². The Morgan fingerprint density at radius 3 is 2.47 bits per heavy atom. The molecule has 0 amide bonds. The third-order valence-electron chi connectivity index (χ3n) is 2.96. The van der Waals surface area contributed by atoms with Crippen molar-refractivity contribution >= 4 is 0 Å². The quantitative estimate of drug-likeness (QED) is 0.747. The van der Waals surface area contributed by atoms with Gasteiger partial charge in [0.15, 0.2) is 5.89 Å². The second kappa shape index (κ2) is 4.77. The minimum absolute atomic E-state index is 0.761. The van der Waals surface area contributed by atoms with Crippen molar-refractivity contribution in [2.75, 3.05) is 32.7 Å². The molecule has 1 aromatic rings. The Hall–Kier alpha value is -0.870. The minimum atomic E-state index is 0.761. The molecule has 84 valence electrons. The van der Waals surface area contributed by atoms with Crippen LogP contribution in [0, 0.1) is 6.92 Å². The summed E-state index contributed by atoms with van der Waals surface area (Å²) in [5.41, 5.74) is 1.05. The molecule has 4 heteroatoms. The molecule has 0 radical (unpaired) electrons. The average Bonchev–Trinajstić information content (AvgIpc) is 2.65. The molecule has 0 N–H and O–H groups in total. The fourth-order valence-corrected chi connectivity index (χ4v) is 1.97. The fourth-order valence-electron chi connectivity index (χ4n) is 1.97. The van der Waals surface area contributed by atoms with Gasteiger partial charge in [0, 0.05) is 39.6 Å². The molecule has 15 heavy (non-hydrogen) atoms. The lowest BCUT2D eigenvalue weighted by atomic mass is 10.3. The highest BCUT2D eigenvalue weighted by molar-refractivity contribution is 4.95. The van der Waals surface area contributed by atoms with E-state index in [2.05, 4.69) is 21.7 Å². The lowest BCUT2D eigenvalue weighted by Gasteiger charge is -2.33. The molecule has 0 bridgehead atoms. The van der Waals surface area contributed by atoms with Crippen LogP contribution in [0.1, 0.15) is 18.5 Å². The van der Waals surface area contributed by atoms with Crippen LogP contribution < -0.4 is 0 Å². The fraction of sp³-hybridized carbons (Fsp3) is 0.727. The first kappa shape index (κ1) is 10.6. The summed E-state index contributed by atoms with van der Waals surface area (Å²) in [6, 6.07) is 0. The van der Waals surface area contributed by atoms with E-state index in [0.717, 1.165) is 37.8 Å². The zero-order chi connectivity index (χ0) is 10.7. The van der Waals surface area contributed by atoms with Gasteiger partial charge in [-0.05, 0) is 6.54 Å². The van der Waals surface area contributed by atoms with Gasteiger partial charge >= 0.3 is 0 Å². The van der Waals surface area contributed by atoms with Crippen LogP contribution in [0.3, 0.4) is 0 Å². The van der Waals surface area contributed by atoms with Crippen molar-refractivity contribution in [3.8, 4) is 0 Å². The molecule has 4 nitrogen and oxygen atoms in total. The number of rotatable bonds is 3. The van der Waals surface area contributed by atoms with Crippen LogP contribution >= 0.6 is 0 Å². The summed E-state index contributed by atoms with van der Waals surface area (Å²) >= 11 is 0. The smallest absolute Gasteiger partial charge is 0.191 e. The molecule has 1 aliphatic rings. The predicted molar refractivity (Wildman–Crippen MR) is 58.6 cm³/mol. The van der Waals surface area contributed by atoms with E-state index < -0.39 is 0 Å². The number of nitrogens with zero attached hydrogens (tertiary/aromatic N) is 3. The molecule has 1 aromatic heterocycles. The van der Waals surface area contributed by atoms with E-state index in [1.807, 2.05) is 6.92 Å². The second-order valence-corrected chi connectivity index (χ2v) is 4.07. The maximum absolute atomic E-state index is 5.20. The van der Waals surface area contributed by atoms with Crippen molar-refractivity contribution in [2.24, 2.45) is 0 Å². The van der Waals surface area contributed by atoms with Crippen LogP contribution in [-0.2, 0) is 6.54 Å². The first-order valence-electron chi connectivity index (χ1n) is 5.63. The van der Waals surface area contributed by atoms with Gasteiger partial charge in [0.05, 0.1) is 5.69 Å². The van der Waals surface area contributed by atoms with Crippen LogP contribution in [-0.4, -0.2) is 47.5 Å². The Morgan fingerprint density at radius 1 is 1.27 bits per heavy atom. The number of hydrogen-bond donors (Lipinski definition) is 0. The number of aryl methyl sites for hydroxylation is 1. The van der Waals surface area contributed by atoms with Gasteiger partial charge in [-0.15, -0.1) is 0 Å². The highest BCUT2D eigenvalue weighted by Gasteiger charge is 2.16. The number of hydrogen-bond acceptors (Lipinski definition) is 4. The van der Waals surface area contributed by atoms with Crippen LogP contribution in [0.5, 0.6) is 0 Å². The highest BCUT2D eigenvalue weighted by Crippen LogP contribution is 2.08. The van der Waals surface area contributed by atoms with Crippen molar-refractivity contribution in [1.82, 2.24) is 14.8 Å². The maximum atomic E-state index is 5.20. The molecule has 1 saturated heterocycles. The van der Waals surface area contributed by atoms with Gasteiger partial charge in [-0.25, -0.2) is 4.98 Å². The molecule has 0 aromatic carbocycles. The molecule has 0 aliphatic carbocycles. The van der Waals surface area contributed by atoms with Crippen LogP contribution in [0.4, 0.5) is 0 Å². The molecule has 0 spiro atoms. The summed E-state index contributed by atoms with van der Waals surface area (Å²) in [6.45, 7) is 10.8. The van der Waals surface area contributed by atoms with Gasteiger partial charge in [0.25, 0.3) is 0 Å². The summed E-state index contributed by atoms with van der Waals surface area (Å²) in [5.74, 6) is 0.761. The Morgan fingerprint density at radius 2 is 1.93 bits per heavy atom. The molecule has 0 atom stereocenters. The first-order chi connectivity index (χ1) is 7.28. The SMILES string of the molecule is CCN1CCN(Cc2coc(C)n2)CC1. The van der Waals surface area contributed by atoms with Crippen molar-refractivity contribution in [1.29, 1.82) is 0 Å². The summed E-state index contributed by atoms with van der Waals surface area (Å²) in [6.07, 6.45) is 1.77. The third kappa shape index (κ3) is 2.79. The average molecular weight is 209 g/mol. The number of likely N-dealkylation sites (N-methyl/N-ethyl adjacent to an activating group) is 1. The number of piperazine rings is 1. The largest absolute Gasteiger partial charge is 0.449 e. The van der Waals surface area contributed by atoms with Crippen molar-refractivity contribution in [3.63, 3.8) is 0 Å². The maximum Gasteiger partial charge on any atom is 0.191 e. The number of aromatic nitrogens is 1. The van der Waals surface area contributed by atoms with Crippen LogP contribution in [0.25, 0.3) is 0 Å². The topological polar surface area (TPSA) is 32.5 Å². The standard InChI is InChI=1S/C11H19N3O/c1-3-13-4-6-14(7-5-13)8-11-9-15-10(2)12-11/h9H,3-8H2,1-2H3. The van der Waals surface area contributed by atoms with Gasteiger partial charge in [-0.1, -0.05) is 6.92 Å². The van der Waals surface area contributed by atoms with Gasteiger partial charge in [-0.3, -0.25) is 4.90 Å². The van der Waals surface area contributed by atoms with Gasteiger partial charge in [0.1, 0.15) is 6.26 Å². The molecule has 2 rings (SSSR count). The molecule has 0 unspecified atom stereocenters. The normalized spacial score (nSPS) is 19.6. The highest BCUT2D eigenvalue weighted by atomic mass is 16.3. The van der Waals surface area contributed by atoms with Gasteiger partial charge < -0.3 is 9.32 Å². The van der Waals surface area contributed by atoms with Gasteiger partial charge in [-0.2, -0.15) is 0 Å². The van der Waals surface area contributed by atoms with E-state index in [1.165, 1.54) is 13.1 Å². The summed E-state index contributed by atoms with van der Waals surface area (Å²) in [7, 11) is 0. The molecule has 0 saturated carbocycles. The van der Waals surface area contributed by atoms with E-state index >= 15 is 0 Å². The van der Waals surface area contributed by atoms with Crippen molar-refractivity contribution < 1.29 is 4.42 Å². The lowest BCUT2D eigenvalue weighted by molar-refractivity contribution is 0.131. The zero-order valence-electron chi connectivity index (χ0n) is 9.57. The Kier molecular flexibility index (Phi) is 3.38. The Balaban J connectivity index is 1.82. The summed E-state index contributed by atoms with van der Waals surface area (Å²) < 4.78 is 5.20. The van der Waals surface area contributed by atoms with E-state index in [9.17, 15) is 0 Å². The summed E-state index contributed by atoms with van der Waals surface area (Å²) in [5, 5.41) is 0. The number of oxazole rings is 1. The van der Waals surface area contributed by atoms with Gasteiger partial charge in [0.2, 0.25) is 0 Å². The first-order valence-corrected chi connectivity index (χ1v) is 5.63.